The molecule has 0 aromatic rings. The van der Waals surface area contributed by atoms with Crippen molar-refractivity contribution in [2.24, 2.45) is 0 Å². The van der Waals surface area contributed by atoms with Gasteiger partial charge >= 0.3 is 5.97 Å². The van der Waals surface area contributed by atoms with E-state index in [1.165, 1.54) is 70.6 Å². The molecule has 131 valence electrons. The second kappa shape index (κ2) is 16.8. The monoisotopic (exact) mass is 311 g/mol. The molecule has 0 spiro atoms. The molecule has 0 aliphatic heterocycles. The lowest BCUT2D eigenvalue weighted by molar-refractivity contribution is -0.148. The van der Waals surface area contributed by atoms with E-state index in [0.29, 0.717) is 12.8 Å². The van der Waals surface area contributed by atoms with Gasteiger partial charge in [-0.25, -0.2) is 0 Å². The zero-order valence-corrected chi connectivity index (χ0v) is 15.2. The Bertz CT molecular complexity index is 238. The van der Waals surface area contributed by atoms with Crippen LogP contribution in [0.15, 0.2) is 0 Å². The largest absolute Gasteiger partial charge is 0.463 e. The lowest BCUT2D eigenvalue weighted by atomic mass is 10.0. The van der Waals surface area contributed by atoms with Crippen molar-refractivity contribution in [1.82, 2.24) is 0 Å². The molecule has 0 aliphatic carbocycles. The SMILES string of the molecule is [CH2]CC(C)OC(=O)CCCCCCCCCCCCCCC. The van der Waals surface area contributed by atoms with Gasteiger partial charge < -0.3 is 4.74 Å². The van der Waals surface area contributed by atoms with E-state index < -0.39 is 0 Å². The summed E-state index contributed by atoms with van der Waals surface area (Å²) in [5.74, 6) is -0.0563. The first kappa shape index (κ1) is 21.5. The molecule has 0 saturated heterocycles. The van der Waals surface area contributed by atoms with Crippen LogP contribution in [0.4, 0.5) is 0 Å². The van der Waals surface area contributed by atoms with E-state index in [-0.39, 0.29) is 12.1 Å². The van der Waals surface area contributed by atoms with Crippen LogP contribution in [0.1, 0.15) is 110 Å². The fourth-order valence-corrected chi connectivity index (χ4v) is 2.63. The number of carbonyl (C=O) groups excluding carboxylic acids is 1. The fourth-order valence-electron chi connectivity index (χ4n) is 2.63. The highest BCUT2D eigenvalue weighted by Crippen LogP contribution is 2.13. The van der Waals surface area contributed by atoms with Gasteiger partial charge in [0.2, 0.25) is 0 Å². The van der Waals surface area contributed by atoms with Crippen molar-refractivity contribution in [3.63, 3.8) is 0 Å². The highest BCUT2D eigenvalue weighted by Gasteiger charge is 2.06. The highest BCUT2D eigenvalue weighted by atomic mass is 16.5. The van der Waals surface area contributed by atoms with Crippen LogP contribution in [0.3, 0.4) is 0 Å². The Morgan fingerprint density at radius 2 is 1.23 bits per heavy atom. The lowest BCUT2D eigenvalue weighted by Crippen LogP contribution is -2.13. The minimum atomic E-state index is -0.0563. The summed E-state index contributed by atoms with van der Waals surface area (Å²) >= 11 is 0. The topological polar surface area (TPSA) is 26.3 Å². The Hall–Kier alpha value is -0.530. The van der Waals surface area contributed by atoms with Gasteiger partial charge in [0, 0.05) is 6.42 Å². The number of rotatable bonds is 16. The predicted octanol–water partition coefficient (Wildman–Crippen LogP) is 6.62. The molecule has 0 aliphatic rings. The molecule has 0 saturated carbocycles. The Balaban J connectivity index is 3.12. The molecule has 0 amide bonds. The number of hydrogen-bond acceptors (Lipinski definition) is 2. The van der Waals surface area contributed by atoms with E-state index in [9.17, 15) is 4.79 Å². The average molecular weight is 312 g/mol. The maximum absolute atomic E-state index is 11.5. The maximum Gasteiger partial charge on any atom is 0.306 e. The van der Waals surface area contributed by atoms with Gasteiger partial charge in [0.25, 0.3) is 0 Å². The summed E-state index contributed by atoms with van der Waals surface area (Å²) in [6.07, 6.45) is 18.5. The van der Waals surface area contributed by atoms with E-state index in [1.54, 1.807) is 0 Å². The van der Waals surface area contributed by atoms with Gasteiger partial charge in [0.05, 0.1) is 6.10 Å². The second-order valence-electron chi connectivity index (χ2n) is 6.58. The Kier molecular flexibility index (Phi) is 16.4. The molecular formula is C20H39O2. The van der Waals surface area contributed by atoms with Crippen LogP contribution in [0.25, 0.3) is 0 Å². The van der Waals surface area contributed by atoms with Crippen LogP contribution in [0.2, 0.25) is 0 Å². The van der Waals surface area contributed by atoms with Crippen LogP contribution >= 0.6 is 0 Å². The van der Waals surface area contributed by atoms with Gasteiger partial charge in [-0.05, 0) is 26.7 Å². The molecular weight excluding hydrogens is 272 g/mol. The minimum Gasteiger partial charge on any atom is -0.463 e. The van der Waals surface area contributed by atoms with Crippen molar-refractivity contribution < 1.29 is 9.53 Å². The molecule has 0 heterocycles. The molecule has 0 aromatic carbocycles. The van der Waals surface area contributed by atoms with E-state index in [0.717, 1.165) is 12.8 Å². The first-order chi connectivity index (χ1) is 10.7. The third kappa shape index (κ3) is 15.9. The second-order valence-corrected chi connectivity index (χ2v) is 6.58. The van der Waals surface area contributed by atoms with Crippen molar-refractivity contribution in [2.45, 2.75) is 116 Å². The summed E-state index contributed by atoms with van der Waals surface area (Å²) in [4.78, 5) is 11.5. The van der Waals surface area contributed by atoms with Crippen molar-refractivity contribution >= 4 is 5.97 Å². The number of carbonyl (C=O) groups is 1. The van der Waals surface area contributed by atoms with Gasteiger partial charge in [-0.3, -0.25) is 4.79 Å². The molecule has 0 fully saturated rings. The highest BCUT2D eigenvalue weighted by molar-refractivity contribution is 5.69. The van der Waals surface area contributed by atoms with E-state index in [2.05, 4.69) is 13.8 Å². The Morgan fingerprint density at radius 1 is 0.818 bits per heavy atom. The molecule has 0 rings (SSSR count). The molecule has 22 heavy (non-hydrogen) atoms. The van der Waals surface area contributed by atoms with Crippen molar-refractivity contribution in [1.29, 1.82) is 0 Å². The van der Waals surface area contributed by atoms with Crippen LogP contribution in [-0.4, -0.2) is 12.1 Å². The number of esters is 1. The van der Waals surface area contributed by atoms with Crippen molar-refractivity contribution in [3.05, 3.63) is 6.92 Å². The van der Waals surface area contributed by atoms with Gasteiger partial charge in [-0.2, -0.15) is 0 Å². The van der Waals surface area contributed by atoms with Crippen molar-refractivity contribution in [2.75, 3.05) is 0 Å². The van der Waals surface area contributed by atoms with Crippen LogP contribution in [-0.2, 0) is 9.53 Å². The summed E-state index contributed by atoms with van der Waals surface area (Å²) in [5, 5.41) is 0. The minimum absolute atomic E-state index is 0.0329. The predicted molar refractivity (Wildman–Crippen MR) is 95.8 cm³/mol. The molecule has 2 heteroatoms. The van der Waals surface area contributed by atoms with Crippen LogP contribution < -0.4 is 0 Å². The first-order valence-electron chi connectivity index (χ1n) is 9.69. The summed E-state index contributed by atoms with van der Waals surface area (Å²) < 4.78 is 5.21. The normalized spacial score (nSPS) is 12.3. The van der Waals surface area contributed by atoms with E-state index >= 15 is 0 Å². The summed E-state index contributed by atoms with van der Waals surface area (Å²) in [6, 6.07) is 0. The summed E-state index contributed by atoms with van der Waals surface area (Å²) in [5.41, 5.74) is 0. The summed E-state index contributed by atoms with van der Waals surface area (Å²) in [7, 11) is 0. The first-order valence-corrected chi connectivity index (χ1v) is 9.69. The molecule has 1 unspecified atom stereocenters. The van der Waals surface area contributed by atoms with E-state index in [4.69, 9.17) is 4.74 Å². The maximum atomic E-state index is 11.5. The molecule has 0 N–H and O–H groups in total. The number of ether oxygens (including phenoxy) is 1. The van der Waals surface area contributed by atoms with Crippen LogP contribution in [0.5, 0.6) is 0 Å². The van der Waals surface area contributed by atoms with Gasteiger partial charge in [0.15, 0.2) is 0 Å². The number of unbranched alkanes of at least 4 members (excludes halogenated alkanes) is 12. The van der Waals surface area contributed by atoms with Gasteiger partial charge in [0.1, 0.15) is 0 Å². The van der Waals surface area contributed by atoms with Crippen molar-refractivity contribution in [3.8, 4) is 0 Å². The molecule has 1 atom stereocenters. The smallest absolute Gasteiger partial charge is 0.306 e. The molecule has 0 bridgehead atoms. The third-order valence-corrected chi connectivity index (χ3v) is 4.22. The Morgan fingerprint density at radius 3 is 1.64 bits per heavy atom. The zero-order valence-electron chi connectivity index (χ0n) is 15.2. The molecule has 2 nitrogen and oxygen atoms in total. The third-order valence-electron chi connectivity index (χ3n) is 4.22. The fraction of sp³-hybridized carbons (Fsp3) is 0.900. The number of hydrogen-bond donors (Lipinski definition) is 0. The van der Waals surface area contributed by atoms with E-state index in [1.807, 2.05) is 6.92 Å². The molecule has 0 aromatic heterocycles. The quantitative estimate of drug-likeness (QED) is 0.236. The van der Waals surface area contributed by atoms with Crippen LogP contribution in [0, 0.1) is 6.92 Å². The Labute approximate surface area is 139 Å². The molecule has 1 radical (unpaired) electrons. The lowest BCUT2D eigenvalue weighted by Gasteiger charge is -2.10. The standard InChI is InChI=1S/C20H39O2/c1-4-6-7-8-9-10-11-12-13-14-15-16-17-18-20(21)22-19(3)5-2/h19H,2,4-18H2,1,3H3. The average Bonchev–Trinajstić information content (AvgIpc) is 2.51. The zero-order chi connectivity index (χ0) is 16.5. The summed E-state index contributed by atoms with van der Waals surface area (Å²) in [6.45, 7) is 7.90. The van der Waals surface area contributed by atoms with Gasteiger partial charge in [-0.1, -0.05) is 84.0 Å². The van der Waals surface area contributed by atoms with Gasteiger partial charge in [-0.15, -0.1) is 0 Å².